The van der Waals surface area contributed by atoms with E-state index in [2.05, 4.69) is 34.6 Å². The highest BCUT2D eigenvalue weighted by Gasteiger charge is 2.74. The minimum Gasteiger partial charge on any atom is -0.481 e. The molecule has 0 spiro atoms. The van der Waals surface area contributed by atoms with Crippen LogP contribution in [0.25, 0.3) is 0 Å². The molecule has 6 saturated carbocycles. The molecule has 2 unspecified atom stereocenters. The van der Waals surface area contributed by atoms with Gasteiger partial charge in [0, 0.05) is 0 Å². The van der Waals surface area contributed by atoms with E-state index in [4.69, 9.17) is 9.47 Å². The number of hydrogen-bond acceptors (Lipinski definition) is 5. The second-order valence-electron chi connectivity index (χ2n) is 18.0. The maximum atomic E-state index is 13.3. The van der Waals surface area contributed by atoms with E-state index in [9.17, 15) is 19.8 Å². The Hall–Kier alpha value is -1.14. The van der Waals surface area contributed by atoms with Gasteiger partial charge in [0.1, 0.15) is 12.2 Å². The summed E-state index contributed by atoms with van der Waals surface area (Å²) in [5.41, 5.74) is -0.863. The van der Waals surface area contributed by atoms with Gasteiger partial charge < -0.3 is 19.7 Å². The predicted octanol–water partition coefficient (Wildman–Crippen LogP) is 7.41. The average Bonchev–Trinajstić information content (AvgIpc) is 3.65. The van der Waals surface area contributed by atoms with Crippen LogP contribution in [0, 0.1) is 62.6 Å². The maximum Gasteiger partial charge on any atom is 0.309 e. The highest BCUT2D eigenvalue weighted by molar-refractivity contribution is 5.76. The Morgan fingerprint density at radius 1 is 0.767 bits per heavy atom. The highest BCUT2D eigenvalue weighted by Crippen LogP contribution is 2.78. The molecule has 0 aromatic rings. The summed E-state index contributed by atoms with van der Waals surface area (Å²) in [6.45, 7) is 13.2. The van der Waals surface area contributed by atoms with Crippen molar-refractivity contribution in [2.45, 2.75) is 143 Å². The van der Waals surface area contributed by atoms with E-state index in [-0.39, 0.29) is 51.5 Å². The number of aliphatic hydroxyl groups excluding tert-OH is 1. The summed E-state index contributed by atoms with van der Waals surface area (Å²) < 4.78 is 12.3. The number of carboxylic acids is 1. The normalized spacial score (nSPS) is 52.2. The zero-order chi connectivity index (χ0) is 30.6. The van der Waals surface area contributed by atoms with E-state index in [0.717, 1.165) is 83.5 Å². The summed E-state index contributed by atoms with van der Waals surface area (Å²) in [6.07, 6.45) is 14.9. The van der Waals surface area contributed by atoms with Gasteiger partial charge >= 0.3 is 11.9 Å². The number of hydrogen-bond donors (Lipinski definition) is 2. The Labute approximate surface area is 259 Å². The van der Waals surface area contributed by atoms with Gasteiger partial charge in [0.2, 0.25) is 0 Å². The zero-order valence-electron chi connectivity index (χ0n) is 27.6. The molecule has 7 aliphatic rings. The number of esters is 1. The molecule has 2 N–H and O–H groups in total. The van der Waals surface area contributed by atoms with Crippen molar-refractivity contribution in [2.24, 2.45) is 62.6 Å². The quantitative estimate of drug-likeness (QED) is 0.253. The van der Waals surface area contributed by atoms with Gasteiger partial charge in [-0.3, -0.25) is 9.59 Å². The molecular weight excluding hydrogens is 540 g/mol. The van der Waals surface area contributed by atoms with Crippen molar-refractivity contribution in [1.82, 2.24) is 0 Å². The molecule has 1 saturated heterocycles. The first-order chi connectivity index (χ1) is 20.3. The number of aliphatic hydroxyl groups is 1. The van der Waals surface area contributed by atoms with Gasteiger partial charge in [-0.15, -0.1) is 0 Å². The van der Waals surface area contributed by atoms with Crippen molar-refractivity contribution in [3.05, 3.63) is 0 Å². The first-order valence-electron chi connectivity index (χ1n) is 18.0. The van der Waals surface area contributed by atoms with Crippen molar-refractivity contribution in [2.75, 3.05) is 13.2 Å². The molecular formula is C37H58O6. The summed E-state index contributed by atoms with van der Waals surface area (Å²) in [7, 11) is 0. The lowest BCUT2D eigenvalue weighted by molar-refractivity contribution is -0.250. The number of carbonyl (C=O) groups is 2. The average molecular weight is 599 g/mol. The number of rotatable bonds is 5. The molecule has 6 nitrogen and oxygen atoms in total. The van der Waals surface area contributed by atoms with Crippen LogP contribution >= 0.6 is 0 Å². The van der Waals surface area contributed by atoms with Crippen LogP contribution in [-0.4, -0.2) is 47.1 Å². The fourth-order valence-electron chi connectivity index (χ4n) is 13.7. The lowest BCUT2D eigenvalue weighted by atomic mass is 9.32. The molecule has 0 radical (unpaired) electrons. The van der Waals surface area contributed by atoms with Crippen LogP contribution in [0.3, 0.4) is 0 Å². The second-order valence-corrected chi connectivity index (χ2v) is 18.0. The van der Waals surface area contributed by atoms with Crippen LogP contribution < -0.4 is 0 Å². The Morgan fingerprint density at radius 3 is 2.16 bits per heavy atom. The monoisotopic (exact) mass is 598 g/mol. The van der Waals surface area contributed by atoms with Gasteiger partial charge in [-0.05, 0) is 128 Å². The largest absolute Gasteiger partial charge is 0.481 e. The molecule has 7 rings (SSSR count). The van der Waals surface area contributed by atoms with E-state index in [1.807, 2.05) is 0 Å². The molecule has 6 aliphatic carbocycles. The number of epoxide rings is 1. The standard InChI is InChI=1S/C37H58O6/c1-32(2)26-14-17-35(5)27(33(26,3)16-15-28(32)38)12-11-24-29-25(13-18-36(29,31(40)41)20-19-34(24,35)4)37(22-43-37)21-42-30(39)23-9-7-6-8-10-23/h23-29,38H,6-22H2,1-5H3,(H,40,41)/t24?,25-,26+,27-,28-,29-,33+,34-,35-,36+,37?/m1/s1. The lowest BCUT2D eigenvalue weighted by Gasteiger charge is -2.72. The molecule has 242 valence electrons. The molecule has 11 atom stereocenters. The Morgan fingerprint density at radius 2 is 1.49 bits per heavy atom. The van der Waals surface area contributed by atoms with Gasteiger partial charge in [-0.2, -0.15) is 0 Å². The van der Waals surface area contributed by atoms with Gasteiger partial charge in [-0.1, -0.05) is 53.9 Å². The van der Waals surface area contributed by atoms with Gasteiger partial charge in [-0.25, -0.2) is 0 Å². The summed E-state index contributed by atoms with van der Waals surface area (Å²) >= 11 is 0. The Balaban J connectivity index is 1.18. The number of carboxylic acid groups (broad SMARTS) is 1. The molecule has 1 heterocycles. The molecule has 0 aromatic heterocycles. The highest BCUT2D eigenvalue weighted by atomic mass is 16.6. The third-order valence-electron chi connectivity index (χ3n) is 16.4. The van der Waals surface area contributed by atoms with E-state index >= 15 is 0 Å². The smallest absolute Gasteiger partial charge is 0.309 e. The van der Waals surface area contributed by atoms with E-state index in [1.165, 1.54) is 12.8 Å². The van der Waals surface area contributed by atoms with E-state index in [1.54, 1.807) is 0 Å². The molecule has 43 heavy (non-hydrogen) atoms. The van der Waals surface area contributed by atoms with Crippen molar-refractivity contribution >= 4 is 11.9 Å². The van der Waals surface area contributed by atoms with E-state index < -0.39 is 17.0 Å². The first-order valence-corrected chi connectivity index (χ1v) is 18.0. The van der Waals surface area contributed by atoms with Crippen molar-refractivity contribution in [3.8, 4) is 0 Å². The third kappa shape index (κ3) is 4.09. The van der Waals surface area contributed by atoms with Gasteiger partial charge in [0.15, 0.2) is 0 Å². The molecule has 0 amide bonds. The Bertz CT molecular complexity index is 1140. The summed E-state index contributed by atoms with van der Waals surface area (Å²) in [5, 5.41) is 21.9. The summed E-state index contributed by atoms with van der Waals surface area (Å²) in [4.78, 5) is 26.3. The zero-order valence-corrected chi connectivity index (χ0v) is 27.6. The summed E-state index contributed by atoms with van der Waals surface area (Å²) in [6, 6.07) is 0. The van der Waals surface area contributed by atoms with Crippen LogP contribution in [0.15, 0.2) is 0 Å². The van der Waals surface area contributed by atoms with Gasteiger partial charge in [0.25, 0.3) is 0 Å². The first kappa shape index (κ1) is 30.5. The van der Waals surface area contributed by atoms with Crippen LogP contribution in [0.4, 0.5) is 0 Å². The SMILES string of the molecule is CC1(C)[C@H](O)CC[C@]2(C)[C@H]3CCC4[C@@H]5[C@H](C6(COC(=O)C7CCCCC7)CO6)CC[C@]5(C(=O)O)CC[C@@]4(C)[C@]3(C)CC[C@@H]12. The summed E-state index contributed by atoms with van der Waals surface area (Å²) in [5.74, 6) is 0.977. The molecule has 0 aromatic carbocycles. The van der Waals surface area contributed by atoms with Crippen molar-refractivity contribution in [3.63, 3.8) is 0 Å². The molecule has 7 fully saturated rings. The van der Waals surface area contributed by atoms with Crippen LogP contribution in [0.1, 0.15) is 131 Å². The fraction of sp³-hybridized carbons (Fsp3) is 0.946. The van der Waals surface area contributed by atoms with Crippen LogP contribution in [0.2, 0.25) is 0 Å². The van der Waals surface area contributed by atoms with E-state index in [0.29, 0.717) is 31.0 Å². The molecule has 6 heteroatoms. The second kappa shape index (κ2) is 9.93. The molecule has 1 aliphatic heterocycles. The van der Waals surface area contributed by atoms with Crippen molar-refractivity contribution in [1.29, 1.82) is 0 Å². The fourth-order valence-corrected chi connectivity index (χ4v) is 13.7. The number of ether oxygens (including phenoxy) is 2. The minimum absolute atomic E-state index is 0.0156. The maximum absolute atomic E-state index is 13.3. The number of fused-ring (bicyclic) bond motifs is 7. The number of aliphatic carboxylic acids is 1. The number of carbonyl (C=O) groups excluding carboxylic acids is 1. The van der Waals surface area contributed by atoms with Crippen molar-refractivity contribution < 1.29 is 29.3 Å². The predicted molar refractivity (Wildman–Crippen MR) is 164 cm³/mol. The minimum atomic E-state index is -0.692. The van der Waals surface area contributed by atoms with Gasteiger partial charge in [0.05, 0.1) is 24.0 Å². The topological polar surface area (TPSA) is 96.4 Å². The van der Waals surface area contributed by atoms with Crippen LogP contribution in [0.5, 0.6) is 0 Å². The lowest BCUT2D eigenvalue weighted by Crippen LogP contribution is -2.67. The molecule has 0 bridgehead atoms. The Kier molecular flexibility index (Phi) is 7.05. The van der Waals surface area contributed by atoms with Crippen LogP contribution in [-0.2, 0) is 19.1 Å². The third-order valence-corrected chi connectivity index (χ3v) is 16.4.